The average molecular weight is 1960 g/mol. The summed E-state index contributed by atoms with van der Waals surface area (Å²) in [7, 11) is 0. The molecule has 34 aromatic rings. The van der Waals surface area contributed by atoms with E-state index in [-0.39, 0.29) is 167 Å². The van der Waals surface area contributed by atoms with Gasteiger partial charge in [0.1, 0.15) is 33.5 Å². The third kappa shape index (κ3) is 12.6. The van der Waals surface area contributed by atoms with Crippen LogP contribution in [0.25, 0.3) is 317 Å². The van der Waals surface area contributed by atoms with Crippen LogP contribution in [0.5, 0.6) is 0 Å². The van der Waals surface area contributed by atoms with E-state index < -0.39 is 175 Å². The first-order valence-corrected chi connectivity index (χ1v) is 48.9. The molecule has 23 aromatic carbocycles. The van der Waals surface area contributed by atoms with E-state index in [0.717, 1.165) is 124 Å². The topological polar surface area (TPSA) is 136 Å². The Kier molecular flexibility index (Phi) is 12.8. The van der Waals surface area contributed by atoms with Crippen molar-refractivity contribution >= 4 is 260 Å². The molecule has 0 unspecified atom stereocenters. The van der Waals surface area contributed by atoms with Crippen LogP contribution >= 0.6 is 11.3 Å². The zero-order valence-electron chi connectivity index (χ0n) is 109. The van der Waals surface area contributed by atoms with Crippen LogP contribution in [0.15, 0.2) is 486 Å². The molecule has 0 aliphatic rings. The molecule has 0 bridgehead atoms. The molecule has 34 rings (SSSR count). The van der Waals surface area contributed by atoms with Crippen molar-refractivity contribution in [3.05, 3.63) is 472 Å². The molecule has 150 heavy (non-hydrogen) atoms. The Labute approximate surface area is 900 Å². The maximum absolute atomic E-state index is 9.48. The molecule has 0 fully saturated rings. The van der Waals surface area contributed by atoms with Gasteiger partial charge in [0.05, 0.1) is 125 Å². The lowest BCUT2D eigenvalue weighted by Gasteiger charge is -2.13. The highest BCUT2D eigenvalue weighted by molar-refractivity contribution is 7.26. The molecular formula is C136H78N10O3S. The summed E-state index contributed by atoms with van der Waals surface area (Å²) in [4.78, 5) is 30.7. The average Bonchev–Trinajstić information content (AvgIpc) is 1.56. The number of aromatic nitrogens is 10. The van der Waals surface area contributed by atoms with E-state index in [0.29, 0.717) is 38.8 Å². The molecule has 11 heterocycles. The number of fused-ring (bicyclic) bond motifs is 36. The van der Waals surface area contributed by atoms with Crippen LogP contribution in [-0.2, 0) is 0 Å². The van der Waals surface area contributed by atoms with Crippen LogP contribution in [0.4, 0.5) is 0 Å². The summed E-state index contributed by atoms with van der Waals surface area (Å²) in [6, 6.07) is 77.7. The molecule has 0 aliphatic carbocycles. The van der Waals surface area contributed by atoms with Gasteiger partial charge < -0.3 is 17.8 Å². The van der Waals surface area contributed by atoms with Crippen molar-refractivity contribution in [3.63, 3.8) is 0 Å². The molecule has 0 amide bonds. The number of thiophene rings is 1. The molecule has 696 valence electrons. The maximum Gasteiger partial charge on any atom is 0.235 e. The molecule has 0 N–H and O–H groups in total. The Morgan fingerprint density at radius 2 is 0.633 bits per heavy atom. The second-order valence-corrected chi connectivity index (χ2v) is 37.5. The molecule has 0 radical (unpaired) electrons. The summed E-state index contributed by atoms with van der Waals surface area (Å²) in [5.74, 6) is 0.503. The summed E-state index contributed by atoms with van der Waals surface area (Å²) >= 11 is 1.68. The number of benzene rings is 23. The molecular weight excluding hydrogens is 1850 g/mol. The van der Waals surface area contributed by atoms with Gasteiger partial charge in [-0.15, -0.1) is 11.3 Å². The first kappa shape index (κ1) is 58.6. The Morgan fingerprint density at radius 3 is 1.21 bits per heavy atom. The standard InChI is InChI=1S/C48H28N4O.C46H27N3O.C42H23N3OS/c1-2-14-30(15-3-1)51-40-22-10-7-17-32(40)37-27-38-33-18-8-11-23-41(33)52(43(38)28-42(37)51)48-49-39-21-9-6-19-34(39)46(50-48)35-20-12-24-44-45(35)36-26-25-29-13-4-5-16-31(29)47(36)53-44;1-2-11-28(12-3-1)31-23-25-39-37(27-31)42-32-15-6-4-13-29(32)22-26-40(42)49(39)46-47-38-19-9-8-17-34(38)44(48-46)35-18-10-20-41-43(35)36-24-21-30-14-5-7-16-33(30)45(36)50-41;1-2-11-25-24(10-1)20-21-32-37-31(15-9-18-35(37)46-40(25)32)38-30-14-3-6-16-33(30)43-42(44-38)45-34-17-7-4-12-26(34)28-22-23-29-27-13-5-8-19-36(27)47-41(29)39(28)45/h1-28H;1-27H;1-23H/i4D,5D,12D,13D,16D,20D,24D,25D,26D;5D,7D,8D,9D,10D,14D,16D,17D,18D,19D,20D,21D,24D;1D,2D,9D,10D,11D,15D,18D,20D,21D. The Bertz CT molecular complexity index is 13900. The van der Waals surface area contributed by atoms with Crippen molar-refractivity contribution in [1.82, 2.24) is 48.2 Å². The minimum atomic E-state index is -0.647. The van der Waals surface area contributed by atoms with E-state index in [1.807, 2.05) is 203 Å². The van der Waals surface area contributed by atoms with E-state index in [4.69, 9.17) is 76.1 Å². The van der Waals surface area contributed by atoms with Crippen molar-refractivity contribution < 1.29 is 55.7 Å². The van der Waals surface area contributed by atoms with Crippen LogP contribution in [0.1, 0.15) is 42.5 Å². The highest BCUT2D eigenvalue weighted by Gasteiger charge is 2.30. The van der Waals surface area contributed by atoms with Crippen LogP contribution in [0.2, 0.25) is 0 Å². The predicted octanol–water partition coefficient (Wildman–Crippen LogP) is 36.6. The molecule has 0 atom stereocenters. The second kappa shape index (κ2) is 32.7. The number of furan rings is 3. The first-order chi connectivity index (χ1) is 87.3. The predicted molar refractivity (Wildman–Crippen MR) is 622 cm³/mol. The SMILES string of the molecule is [2H]c1c([2H])c(-c2nc(-n3c4ccccc4c4cc5c6ccccc6n(-c6ccccc6)c5cc43)nc3ccccc23)c2c(oc3c4c([2H])c([2H])c([2H])c([2H])c4c([2H])c([2H])c32)c1[2H].[2H]c1c([2H])c(-c2nc(-n3c4ccccc4c4ccc5c6ccccc6sc5c43)nc3ccccc23)c2c(oc3c4c([2H])c([2H])c([2H])c([2H])c4c([2H])c([2H])c32)c1[2H].[2H]c1c([2H])c([2H])c2c(-c3c([2H])c([2H])c([2H])c4oc5c6c([2H])c([2H])c([2H])c([2H])c6c([2H])c([2H])c5c34)nc(-n3c4ccc(-c5ccccc5)cc4c4c5ccccc5ccc43)nc2c1[2H]. The Balaban J connectivity index is 0.000000113. The third-order valence-electron chi connectivity index (χ3n) is 28.5. The molecule has 13 nitrogen and oxygen atoms in total. The van der Waals surface area contributed by atoms with Crippen molar-refractivity contribution in [2.24, 2.45) is 0 Å². The van der Waals surface area contributed by atoms with E-state index in [2.05, 4.69) is 83.4 Å². The first-order valence-electron chi connectivity index (χ1n) is 63.6. The monoisotopic (exact) mass is 1960 g/mol. The van der Waals surface area contributed by atoms with Gasteiger partial charge in [0.25, 0.3) is 0 Å². The molecule has 11 aromatic heterocycles. The van der Waals surface area contributed by atoms with Crippen molar-refractivity contribution in [1.29, 1.82) is 0 Å². The quantitative estimate of drug-likeness (QED) is 0.146. The van der Waals surface area contributed by atoms with Gasteiger partial charge >= 0.3 is 0 Å². The van der Waals surface area contributed by atoms with E-state index in [1.54, 1.807) is 28.0 Å². The number of hydrogen-bond donors (Lipinski definition) is 0. The smallest absolute Gasteiger partial charge is 0.235 e. The number of para-hydroxylation sites is 7. The number of nitrogens with zero attached hydrogens (tertiary/aromatic N) is 10. The molecule has 14 heteroatoms. The lowest BCUT2D eigenvalue weighted by molar-refractivity contribution is 0.672. The summed E-state index contributed by atoms with van der Waals surface area (Å²) < 4.78 is 304. The van der Waals surface area contributed by atoms with Gasteiger partial charge in [0, 0.05) is 146 Å². The summed E-state index contributed by atoms with van der Waals surface area (Å²) in [6.07, 6.45) is 0. The van der Waals surface area contributed by atoms with Gasteiger partial charge in [0.15, 0.2) is 0 Å². The minimum Gasteiger partial charge on any atom is -0.455 e. The zero-order valence-corrected chi connectivity index (χ0v) is 78.6. The molecule has 0 saturated carbocycles. The van der Waals surface area contributed by atoms with Crippen molar-refractivity contribution in [2.45, 2.75) is 0 Å². The Morgan fingerprint density at radius 1 is 0.213 bits per heavy atom. The van der Waals surface area contributed by atoms with Gasteiger partial charge in [-0.3, -0.25) is 13.7 Å². The summed E-state index contributed by atoms with van der Waals surface area (Å²) in [6.45, 7) is 0. The number of rotatable bonds is 8. The highest BCUT2D eigenvalue weighted by Crippen LogP contribution is 2.51. The molecule has 0 aliphatic heterocycles. The second-order valence-electron chi connectivity index (χ2n) is 36.5. The summed E-state index contributed by atoms with van der Waals surface area (Å²) in [5.41, 5.74) is 9.40. The normalized spacial score (nSPS) is 15.0. The fraction of sp³-hybridized carbons (Fsp3) is 0. The maximum atomic E-state index is 9.48. The fourth-order valence-electron chi connectivity index (χ4n) is 22.0. The van der Waals surface area contributed by atoms with Crippen molar-refractivity contribution in [3.8, 4) is 68.4 Å². The van der Waals surface area contributed by atoms with Crippen LogP contribution in [0, 0.1) is 0 Å². The van der Waals surface area contributed by atoms with E-state index in [1.165, 1.54) is 0 Å². The molecule has 0 spiro atoms. The summed E-state index contributed by atoms with van der Waals surface area (Å²) in [5, 5.41) is 11.4. The third-order valence-corrected chi connectivity index (χ3v) is 29.7. The van der Waals surface area contributed by atoms with Gasteiger partial charge in [-0.1, -0.05) is 351 Å². The lowest BCUT2D eigenvalue weighted by Crippen LogP contribution is -2.03. The molecule has 0 saturated heterocycles. The fourth-order valence-corrected chi connectivity index (χ4v) is 23.3. The van der Waals surface area contributed by atoms with Gasteiger partial charge in [0.2, 0.25) is 17.8 Å². The number of hydrogen-bond acceptors (Lipinski definition) is 10. The van der Waals surface area contributed by atoms with Crippen molar-refractivity contribution in [2.75, 3.05) is 0 Å². The zero-order chi connectivity index (χ0) is 125. The van der Waals surface area contributed by atoms with Gasteiger partial charge in [-0.05, 0) is 159 Å². The van der Waals surface area contributed by atoms with Gasteiger partial charge in [-0.25, -0.2) is 29.9 Å². The Hall–Kier alpha value is -20.1. The van der Waals surface area contributed by atoms with Crippen LogP contribution in [0.3, 0.4) is 0 Å². The van der Waals surface area contributed by atoms with E-state index >= 15 is 0 Å². The van der Waals surface area contributed by atoms with Crippen LogP contribution in [-0.4, -0.2) is 48.2 Å². The lowest BCUT2D eigenvalue weighted by atomic mass is 9.99. The largest absolute Gasteiger partial charge is 0.455 e. The van der Waals surface area contributed by atoms with E-state index in [9.17, 15) is 9.60 Å². The van der Waals surface area contributed by atoms with Gasteiger partial charge in [-0.2, -0.15) is 0 Å². The minimum absolute atomic E-state index is 0.00683. The van der Waals surface area contributed by atoms with Crippen LogP contribution < -0.4 is 0 Å². The highest BCUT2D eigenvalue weighted by atomic mass is 32.1.